The lowest BCUT2D eigenvalue weighted by Crippen LogP contribution is -2.50. The zero-order valence-electron chi connectivity index (χ0n) is 13.0. The van der Waals surface area contributed by atoms with Gasteiger partial charge in [-0.1, -0.05) is 30.3 Å². The lowest BCUT2D eigenvalue weighted by Gasteiger charge is -2.35. The predicted molar refractivity (Wildman–Crippen MR) is 82.0 cm³/mol. The first-order valence-electron chi connectivity index (χ1n) is 7.79. The minimum absolute atomic E-state index is 0.0471. The van der Waals surface area contributed by atoms with Gasteiger partial charge in [-0.2, -0.15) is 0 Å². The topological polar surface area (TPSA) is 41.9 Å². The fourth-order valence-corrected chi connectivity index (χ4v) is 3.20. The summed E-state index contributed by atoms with van der Waals surface area (Å²) in [5.41, 5.74) is -0.112. The lowest BCUT2D eigenvalue weighted by molar-refractivity contribution is -0.155. The number of rotatable bonds is 2. The smallest absolute Gasteiger partial charge is 0.269 e. The van der Waals surface area contributed by atoms with E-state index in [0.29, 0.717) is 23.6 Å². The maximum absolute atomic E-state index is 13.9. The molecule has 2 atom stereocenters. The Morgan fingerprint density at radius 3 is 2.95 bits per heavy atom. The monoisotopic (exact) mass is 304 g/mol. The van der Waals surface area contributed by atoms with Gasteiger partial charge in [-0.3, -0.25) is 4.79 Å². The van der Waals surface area contributed by atoms with Gasteiger partial charge in [0.1, 0.15) is 5.82 Å². The third-order valence-electron chi connectivity index (χ3n) is 4.44. The SMILES string of the molecule is C[C@H]1CCCN(C(=O)[C@]2(C)CC(c3ccccc3F)=NO2)C1. The molecule has 4 nitrogen and oxygen atoms in total. The molecule has 0 N–H and O–H groups in total. The van der Waals surface area contributed by atoms with Gasteiger partial charge in [0, 0.05) is 25.1 Å². The zero-order chi connectivity index (χ0) is 15.7. The van der Waals surface area contributed by atoms with Gasteiger partial charge in [0.15, 0.2) is 0 Å². The second-order valence-corrected chi connectivity index (χ2v) is 6.52. The second-order valence-electron chi connectivity index (χ2n) is 6.52. The quantitative estimate of drug-likeness (QED) is 0.843. The molecule has 0 radical (unpaired) electrons. The highest BCUT2D eigenvalue weighted by atomic mass is 19.1. The fraction of sp³-hybridized carbons (Fsp3) is 0.529. The van der Waals surface area contributed by atoms with Crippen LogP contribution in [0.5, 0.6) is 0 Å². The van der Waals surface area contributed by atoms with Gasteiger partial charge in [0.2, 0.25) is 5.60 Å². The Labute approximate surface area is 129 Å². The number of oxime groups is 1. The normalized spacial score (nSPS) is 28.2. The largest absolute Gasteiger partial charge is 0.379 e. The summed E-state index contributed by atoms with van der Waals surface area (Å²) >= 11 is 0. The van der Waals surface area contributed by atoms with E-state index >= 15 is 0 Å². The van der Waals surface area contributed by atoms with E-state index in [1.54, 1.807) is 25.1 Å². The van der Waals surface area contributed by atoms with Gasteiger partial charge in [-0.25, -0.2) is 4.39 Å². The van der Waals surface area contributed by atoms with E-state index < -0.39 is 5.60 Å². The first-order chi connectivity index (χ1) is 10.5. The average Bonchev–Trinajstić information content (AvgIpc) is 2.90. The molecule has 0 aliphatic carbocycles. The van der Waals surface area contributed by atoms with Gasteiger partial charge in [0.25, 0.3) is 5.91 Å². The molecule has 0 saturated carbocycles. The van der Waals surface area contributed by atoms with Crippen LogP contribution in [0.4, 0.5) is 4.39 Å². The number of nitrogens with zero attached hydrogens (tertiary/aromatic N) is 2. The molecule has 1 fully saturated rings. The van der Waals surface area contributed by atoms with Gasteiger partial charge in [-0.05, 0) is 31.7 Å². The molecular weight excluding hydrogens is 283 g/mol. The van der Waals surface area contributed by atoms with Crippen molar-refractivity contribution in [3.63, 3.8) is 0 Å². The van der Waals surface area contributed by atoms with Crippen molar-refractivity contribution in [1.82, 2.24) is 4.90 Å². The predicted octanol–water partition coefficient (Wildman–Crippen LogP) is 2.97. The van der Waals surface area contributed by atoms with Gasteiger partial charge < -0.3 is 9.74 Å². The molecule has 0 aromatic heterocycles. The van der Waals surface area contributed by atoms with Gasteiger partial charge in [-0.15, -0.1) is 0 Å². The first-order valence-corrected chi connectivity index (χ1v) is 7.79. The Morgan fingerprint density at radius 1 is 1.45 bits per heavy atom. The summed E-state index contributed by atoms with van der Waals surface area (Å²) in [4.78, 5) is 20.1. The van der Waals surface area contributed by atoms with E-state index in [1.165, 1.54) is 6.07 Å². The molecule has 0 bridgehead atoms. The summed E-state index contributed by atoms with van der Waals surface area (Å²) in [6.45, 7) is 5.41. The highest BCUT2D eigenvalue weighted by molar-refractivity contribution is 6.05. The molecular formula is C17H21FN2O2. The Hall–Kier alpha value is -1.91. The van der Waals surface area contributed by atoms with E-state index in [2.05, 4.69) is 12.1 Å². The van der Waals surface area contributed by atoms with Crippen LogP contribution in [0.25, 0.3) is 0 Å². The van der Waals surface area contributed by atoms with E-state index in [-0.39, 0.29) is 11.7 Å². The summed E-state index contributed by atoms with van der Waals surface area (Å²) in [6, 6.07) is 6.44. The molecule has 1 saturated heterocycles. The fourth-order valence-electron chi connectivity index (χ4n) is 3.20. The maximum atomic E-state index is 13.9. The highest BCUT2D eigenvalue weighted by Crippen LogP contribution is 2.30. The highest BCUT2D eigenvalue weighted by Gasteiger charge is 2.45. The van der Waals surface area contributed by atoms with Crippen LogP contribution >= 0.6 is 0 Å². The number of likely N-dealkylation sites (tertiary alicyclic amines) is 1. The van der Waals surface area contributed by atoms with Gasteiger partial charge >= 0.3 is 0 Å². The van der Waals surface area contributed by atoms with Crippen LogP contribution in [0.3, 0.4) is 0 Å². The maximum Gasteiger partial charge on any atom is 0.269 e. The summed E-state index contributed by atoms with van der Waals surface area (Å²) in [5, 5.41) is 3.98. The van der Waals surface area contributed by atoms with Crippen molar-refractivity contribution in [3.05, 3.63) is 35.6 Å². The van der Waals surface area contributed by atoms with Crippen LogP contribution < -0.4 is 0 Å². The number of hydrogen-bond donors (Lipinski definition) is 0. The second kappa shape index (κ2) is 5.71. The zero-order valence-corrected chi connectivity index (χ0v) is 13.0. The van der Waals surface area contributed by atoms with Crippen molar-refractivity contribution in [2.24, 2.45) is 11.1 Å². The molecule has 0 spiro atoms. The summed E-state index contributed by atoms with van der Waals surface area (Å²) < 4.78 is 13.9. The molecule has 1 amide bonds. The molecule has 22 heavy (non-hydrogen) atoms. The van der Waals surface area contributed by atoms with Crippen molar-refractivity contribution in [1.29, 1.82) is 0 Å². The molecule has 5 heteroatoms. The lowest BCUT2D eigenvalue weighted by atomic mass is 9.92. The number of carbonyl (C=O) groups is 1. The number of carbonyl (C=O) groups excluding carboxylic acids is 1. The minimum Gasteiger partial charge on any atom is -0.379 e. The van der Waals surface area contributed by atoms with Crippen LogP contribution in [-0.4, -0.2) is 35.2 Å². The Balaban J connectivity index is 1.74. The van der Waals surface area contributed by atoms with E-state index in [9.17, 15) is 9.18 Å². The van der Waals surface area contributed by atoms with Crippen molar-refractivity contribution in [3.8, 4) is 0 Å². The van der Waals surface area contributed by atoms with E-state index in [0.717, 1.165) is 25.9 Å². The molecule has 2 aliphatic heterocycles. The van der Waals surface area contributed by atoms with Crippen LogP contribution in [0.1, 0.15) is 38.7 Å². The Morgan fingerprint density at radius 2 is 2.23 bits per heavy atom. The molecule has 0 unspecified atom stereocenters. The number of amides is 1. The molecule has 2 aliphatic rings. The van der Waals surface area contributed by atoms with Crippen LogP contribution in [0.15, 0.2) is 29.4 Å². The Kier molecular flexibility index (Phi) is 3.89. The molecule has 2 heterocycles. The standard InChI is InChI=1S/C17H21FN2O2/c1-12-6-5-9-20(11-12)16(21)17(2)10-15(19-22-17)13-7-3-4-8-14(13)18/h3-4,7-8,12H,5-6,9-11H2,1-2H3/t12-,17-/m0/s1. The number of benzene rings is 1. The third kappa shape index (κ3) is 2.72. The van der Waals surface area contributed by atoms with Crippen molar-refractivity contribution in [2.45, 2.75) is 38.7 Å². The Bertz CT molecular complexity index is 616. The van der Waals surface area contributed by atoms with Crippen molar-refractivity contribution >= 4 is 11.6 Å². The van der Waals surface area contributed by atoms with Crippen molar-refractivity contribution in [2.75, 3.05) is 13.1 Å². The first kappa shape index (κ1) is 15.0. The summed E-state index contributed by atoms with van der Waals surface area (Å²) in [7, 11) is 0. The van der Waals surface area contributed by atoms with Crippen molar-refractivity contribution < 1.29 is 14.0 Å². The van der Waals surface area contributed by atoms with E-state index in [4.69, 9.17) is 4.84 Å². The molecule has 1 aromatic carbocycles. The molecule has 1 aromatic rings. The van der Waals surface area contributed by atoms with Gasteiger partial charge in [0.05, 0.1) is 5.71 Å². The summed E-state index contributed by atoms with van der Waals surface area (Å²) in [6.07, 6.45) is 2.47. The third-order valence-corrected chi connectivity index (χ3v) is 4.44. The number of hydrogen-bond acceptors (Lipinski definition) is 3. The van der Waals surface area contributed by atoms with Crippen LogP contribution in [-0.2, 0) is 9.63 Å². The summed E-state index contributed by atoms with van der Waals surface area (Å²) in [5.74, 6) is 0.122. The van der Waals surface area contributed by atoms with Crippen LogP contribution in [0, 0.1) is 11.7 Å². The number of piperidine rings is 1. The van der Waals surface area contributed by atoms with E-state index in [1.807, 2.05) is 4.90 Å². The molecule has 118 valence electrons. The molecule has 3 rings (SSSR count). The average molecular weight is 304 g/mol. The number of halogens is 1. The minimum atomic E-state index is -1.02. The van der Waals surface area contributed by atoms with Crippen LogP contribution in [0.2, 0.25) is 0 Å².